The Morgan fingerprint density at radius 1 is 1.43 bits per heavy atom. The van der Waals surface area contributed by atoms with Crippen molar-refractivity contribution < 1.29 is 22.8 Å². The summed E-state index contributed by atoms with van der Waals surface area (Å²) in [6.07, 6.45) is 1.45. The fourth-order valence-electron chi connectivity index (χ4n) is 2.59. The van der Waals surface area contributed by atoms with Crippen molar-refractivity contribution in [2.75, 3.05) is 32.2 Å². The minimum Gasteiger partial charge on any atom is -0.493 e. The summed E-state index contributed by atoms with van der Waals surface area (Å²) in [4.78, 5) is 10.3. The predicted molar refractivity (Wildman–Crippen MR) is 84.8 cm³/mol. The second-order valence-corrected chi connectivity index (χ2v) is 7.78. The van der Waals surface area contributed by atoms with Crippen LogP contribution in [-0.2, 0) is 9.84 Å². The molecule has 8 nitrogen and oxygen atoms in total. The number of non-ortho nitro benzene ring substituents is 1. The van der Waals surface area contributed by atoms with Crippen LogP contribution in [0.1, 0.15) is 6.42 Å². The van der Waals surface area contributed by atoms with E-state index in [-0.39, 0.29) is 23.1 Å². The van der Waals surface area contributed by atoms with Crippen molar-refractivity contribution in [3.05, 3.63) is 28.3 Å². The average Bonchev–Trinajstić information content (AvgIpc) is 2.99. The monoisotopic (exact) mass is 344 g/mol. The van der Waals surface area contributed by atoms with Gasteiger partial charge in [0.25, 0.3) is 5.69 Å². The Morgan fingerprint density at radius 2 is 2.17 bits per heavy atom. The van der Waals surface area contributed by atoms with Crippen LogP contribution in [0.4, 0.5) is 5.69 Å². The summed E-state index contributed by atoms with van der Waals surface area (Å²) >= 11 is 0. The number of ether oxygens (including phenoxy) is 2. The summed E-state index contributed by atoms with van der Waals surface area (Å²) in [5.74, 6) is 0.464. The lowest BCUT2D eigenvalue weighted by Crippen LogP contribution is -2.35. The lowest BCUT2D eigenvalue weighted by Gasteiger charge is -2.24. The van der Waals surface area contributed by atoms with Crippen molar-refractivity contribution in [1.82, 2.24) is 5.32 Å². The molecule has 1 saturated heterocycles. The number of methoxy groups -OCH3 is 1. The number of rotatable bonds is 7. The van der Waals surface area contributed by atoms with E-state index in [1.165, 1.54) is 31.6 Å². The molecule has 0 aromatic heterocycles. The molecule has 0 bridgehead atoms. The molecule has 0 radical (unpaired) electrons. The molecule has 1 aromatic carbocycles. The first-order valence-electron chi connectivity index (χ1n) is 7.17. The molecule has 1 N–H and O–H groups in total. The molecule has 0 spiro atoms. The van der Waals surface area contributed by atoms with Gasteiger partial charge in [-0.05, 0) is 19.0 Å². The Bertz CT molecular complexity index is 670. The van der Waals surface area contributed by atoms with Crippen LogP contribution in [-0.4, -0.2) is 51.7 Å². The lowest BCUT2D eigenvalue weighted by atomic mass is 10.0. The average molecular weight is 344 g/mol. The molecule has 0 amide bonds. The maximum absolute atomic E-state index is 11.7. The van der Waals surface area contributed by atoms with Gasteiger partial charge in [-0.2, -0.15) is 0 Å². The van der Waals surface area contributed by atoms with E-state index in [9.17, 15) is 18.5 Å². The van der Waals surface area contributed by atoms with Gasteiger partial charge < -0.3 is 14.8 Å². The number of benzene rings is 1. The third-order valence-electron chi connectivity index (χ3n) is 3.73. The quantitative estimate of drug-likeness (QED) is 0.581. The molecule has 0 unspecified atom stereocenters. The van der Waals surface area contributed by atoms with Crippen molar-refractivity contribution in [3.63, 3.8) is 0 Å². The highest BCUT2D eigenvalue weighted by Gasteiger charge is 2.30. The summed E-state index contributed by atoms with van der Waals surface area (Å²) in [7, 11) is -1.84. The molecule has 128 valence electrons. The number of sulfone groups is 1. The maximum Gasteiger partial charge on any atom is 0.273 e. The van der Waals surface area contributed by atoms with E-state index >= 15 is 0 Å². The van der Waals surface area contributed by atoms with Gasteiger partial charge in [0.05, 0.1) is 23.9 Å². The van der Waals surface area contributed by atoms with Gasteiger partial charge in [-0.3, -0.25) is 10.1 Å². The molecule has 1 aromatic rings. The first-order valence-corrected chi connectivity index (χ1v) is 9.23. The molecule has 0 saturated carbocycles. The number of nitrogens with zero attached hydrogens (tertiary/aromatic N) is 1. The molecule has 2 atom stereocenters. The number of nitrogens with one attached hydrogen (secondary N) is 1. The smallest absolute Gasteiger partial charge is 0.273 e. The summed E-state index contributed by atoms with van der Waals surface area (Å²) in [5.41, 5.74) is -0.114. The van der Waals surface area contributed by atoms with E-state index in [4.69, 9.17) is 9.47 Å². The molecule has 0 aliphatic carbocycles. The van der Waals surface area contributed by atoms with Gasteiger partial charge in [-0.1, -0.05) is 0 Å². The molecule has 23 heavy (non-hydrogen) atoms. The minimum atomic E-state index is -3.22. The first-order chi connectivity index (χ1) is 10.8. The van der Waals surface area contributed by atoms with Crippen molar-refractivity contribution in [1.29, 1.82) is 0 Å². The topological polar surface area (TPSA) is 108 Å². The van der Waals surface area contributed by atoms with Gasteiger partial charge in [0.15, 0.2) is 21.3 Å². The third kappa shape index (κ3) is 4.80. The largest absolute Gasteiger partial charge is 0.493 e. The number of nitro benzene ring substituents is 1. The van der Waals surface area contributed by atoms with E-state index < -0.39 is 20.9 Å². The fourth-order valence-corrected chi connectivity index (χ4v) is 3.53. The van der Waals surface area contributed by atoms with Gasteiger partial charge in [0.2, 0.25) is 0 Å². The van der Waals surface area contributed by atoms with Crippen molar-refractivity contribution >= 4 is 15.5 Å². The van der Waals surface area contributed by atoms with E-state index in [2.05, 4.69) is 5.32 Å². The van der Waals surface area contributed by atoms with Gasteiger partial charge >= 0.3 is 0 Å². The zero-order valence-electron chi connectivity index (χ0n) is 13.0. The van der Waals surface area contributed by atoms with E-state index in [0.29, 0.717) is 12.3 Å². The minimum absolute atomic E-state index is 0.0598. The Balaban J connectivity index is 2.26. The van der Waals surface area contributed by atoms with Crippen molar-refractivity contribution in [2.24, 2.45) is 5.92 Å². The van der Waals surface area contributed by atoms with Crippen LogP contribution < -0.4 is 14.8 Å². The molecule has 1 heterocycles. The van der Waals surface area contributed by atoms with Gasteiger partial charge in [0.1, 0.15) is 6.10 Å². The Kier molecular flexibility index (Phi) is 5.42. The zero-order valence-corrected chi connectivity index (χ0v) is 13.8. The molecule has 1 aliphatic rings. The van der Waals surface area contributed by atoms with Crippen LogP contribution in [0.2, 0.25) is 0 Å². The van der Waals surface area contributed by atoms with Gasteiger partial charge in [-0.15, -0.1) is 0 Å². The second kappa shape index (κ2) is 7.14. The zero-order chi connectivity index (χ0) is 17.0. The number of hydrogen-bond acceptors (Lipinski definition) is 7. The first kappa shape index (κ1) is 17.5. The number of hydrogen-bond donors (Lipinski definition) is 1. The highest BCUT2D eigenvalue weighted by atomic mass is 32.2. The standard InChI is InChI=1S/C14H20N2O6S/c1-21-13-7-11(16(17)18)3-4-12(13)22-14(9-23(2,19)20)10-5-6-15-8-10/h3-4,7,10,14-15H,5-6,8-9H2,1-2H3/t10-,14-/m1/s1. The van der Waals surface area contributed by atoms with Gasteiger partial charge in [0, 0.05) is 24.8 Å². The Morgan fingerprint density at radius 3 is 2.70 bits per heavy atom. The maximum atomic E-state index is 11.7. The molecule has 1 aliphatic heterocycles. The third-order valence-corrected chi connectivity index (χ3v) is 4.66. The summed E-state index contributed by atoms with van der Waals surface area (Å²) in [5, 5.41) is 14.0. The summed E-state index contributed by atoms with van der Waals surface area (Å²) < 4.78 is 34.3. The normalized spacial score (nSPS) is 19.3. The van der Waals surface area contributed by atoms with E-state index in [0.717, 1.165) is 13.0 Å². The van der Waals surface area contributed by atoms with Crippen molar-refractivity contribution in [3.8, 4) is 11.5 Å². The fraction of sp³-hybridized carbons (Fsp3) is 0.571. The van der Waals surface area contributed by atoms with Crippen LogP contribution >= 0.6 is 0 Å². The Labute approximate surface area is 134 Å². The van der Waals surface area contributed by atoms with Gasteiger partial charge in [-0.25, -0.2) is 8.42 Å². The second-order valence-electron chi connectivity index (χ2n) is 5.59. The predicted octanol–water partition coefficient (Wildman–Crippen LogP) is 1.00. The van der Waals surface area contributed by atoms with E-state index in [1.807, 2.05) is 0 Å². The number of nitro groups is 1. The molecule has 1 fully saturated rings. The lowest BCUT2D eigenvalue weighted by molar-refractivity contribution is -0.385. The Hall–Kier alpha value is -1.87. The molecule has 2 rings (SSSR count). The van der Waals surface area contributed by atoms with Crippen LogP contribution in [0.5, 0.6) is 11.5 Å². The van der Waals surface area contributed by atoms with Crippen LogP contribution in [0.3, 0.4) is 0 Å². The van der Waals surface area contributed by atoms with E-state index in [1.54, 1.807) is 0 Å². The van der Waals surface area contributed by atoms with Crippen LogP contribution in [0.25, 0.3) is 0 Å². The molecule has 9 heteroatoms. The summed E-state index contributed by atoms with van der Waals surface area (Å²) in [6, 6.07) is 4.01. The SMILES string of the molecule is COc1cc([N+](=O)[O-])ccc1O[C@H](CS(C)(=O)=O)[C@@H]1CCNC1. The molecular weight excluding hydrogens is 324 g/mol. The highest BCUT2D eigenvalue weighted by molar-refractivity contribution is 7.90. The highest BCUT2D eigenvalue weighted by Crippen LogP contribution is 2.33. The van der Waals surface area contributed by atoms with Crippen molar-refractivity contribution in [2.45, 2.75) is 12.5 Å². The summed E-state index contributed by atoms with van der Waals surface area (Å²) in [6.45, 7) is 1.49. The van der Waals surface area contributed by atoms with Crippen LogP contribution in [0, 0.1) is 16.0 Å². The molecular formula is C14H20N2O6S. The van der Waals surface area contributed by atoms with Crippen LogP contribution in [0.15, 0.2) is 18.2 Å².